The fourth-order valence-corrected chi connectivity index (χ4v) is 1.99. The third-order valence-corrected chi connectivity index (χ3v) is 2.72. The van der Waals surface area contributed by atoms with Gasteiger partial charge in [-0.25, -0.2) is 9.59 Å². The molecule has 0 aliphatic rings. The molecule has 0 bridgehead atoms. The van der Waals surface area contributed by atoms with Crippen molar-refractivity contribution in [3.8, 4) is 0 Å². The molecule has 7 heteroatoms. The number of carbonyl (C=O) groups is 2. The molecular formula is C13H13ClN2O4. The van der Waals surface area contributed by atoms with E-state index in [0.29, 0.717) is 10.9 Å². The Morgan fingerprint density at radius 2 is 2.00 bits per heavy atom. The summed E-state index contributed by atoms with van der Waals surface area (Å²) < 4.78 is 6.23. The average molecular weight is 297 g/mol. The topological polar surface area (TPSA) is 81.4 Å². The molecule has 1 aromatic carbocycles. The summed E-state index contributed by atoms with van der Waals surface area (Å²) in [5, 5.41) is 13.5. The summed E-state index contributed by atoms with van der Waals surface area (Å²) in [4.78, 5) is 23.0. The van der Waals surface area contributed by atoms with E-state index >= 15 is 0 Å². The molecule has 1 heterocycles. The van der Waals surface area contributed by atoms with Gasteiger partial charge in [-0.15, -0.1) is 0 Å². The van der Waals surface area contributed by atoms with E-state index in [0.717, 1.165) is 4.68 Å². The highest BCUT2D eigenvalue weighted by molar-refractivity contribution is 6.35. The first kappa shape index (κ1) is 14.3. The number of rotatable bonds is 1. The predicted molar refractivity (Wildman–Crippen MR) is 73.3 cm³/mol. The van der Waals surface area contributed by atoms with Crippen molar-refractivity contribution in [3.05, 3.63) is 28.9 Å². The Morgan fingerprint density at radius 3 is 2.55 bits per heavy atom. The number of carbonyl (C=O) groups excluding carboxylic acids is 1. The van der Waals surface area contributed by atoms with Crippen molar-refractivity contribution in [3.63, 3.8) is 0 Å². The Labute approximate surface area is 119 Å². The van der Waals surface area contributed by atoms with Crippen LogP contribution in [0.1, 0.15) is 31.1 Å². The van der Waals surface area contributed by atoms with E-state index in [1.165, 1.54) is 18.3 Å². The largest absolute Gasteiger partial charge is 0.478 e. The second-order valence-electron chi connectivity index (χ2n) is 5.24. The van der Waals surface area contributed by atoms with E-state index < -0.39 is 17.7 Å². The van der Waals surface area contributed by atoms with Gasteiger partial charge in [0.1, 0.15) is 5.60 Å². The molecule has 0 radical (unpaired) electrons. The minimum atomic E-state index is -1.10. The quantitative estimate of drug-likeness (QED) is 0.874. The van der Waals surface area contributed by atoms with Crippen LogP contribution in [0, 0.1) is 0 Å². The number of benzene rings is 1. The molecule has 0 atom stereocenters. The predicted octanol–water partition coefficient (Wildman–Crippen LogP) is 3.17. The van der Waals surface area contributed by atoms with E-state index in [1.807, 2.05) is 0 Å². The highest BCUT2D eigenvalue weighted by atomic mass is 35.5. The molecule has 0 fully saturated rings. The van der Waals surface area contributed by atoms with Gasteiger partial charge in [-0.3, -0.25) is 0 Å². The summed E-state index contributed by atoms with van der Waals surface area (Å²) in [5.74, 6) is -1.10. The van der Waals surface area contributed by atoms with Crippen LogP contribution in [0.4, 0.5) is 4.79 Å². The molecule has 6 nitrogen and oxygen atoms in total. The molecule has 0 saturated heterocycles. The molecule has 106 valence electrons. The maximum atomic E-state index is 12.0. The zero-order chi connectivity index (χ0) is 15.1. The monoisotopic (exact) mass is 296 g/mol. The Kier molecular flexibility index (Phi) is 3.43. The van der Waals surface area contributed by atoms with E-state index in [2.05, 4.69) is 5.10 Å². The average Bonchev–Trinajstić information content (AvgIpc) is 2.70. The summed E-state index contributed by atoms with van der Waals surface area (Å²) in [6, 6.07) is 2.67. The molecule has 2 rings (SSSR count). The molecule has 0 unspecified atom stereocenters. The summed E-state index contributed by atoms with van der Waals surface area (Å²) in [6.07, 6.45) is 0.704. The Morgan fingerprint density at radius 1 is 1.35 bits per heavy atom. The molecule has 20 heavy (non-hydrogen) atoms. The Hall–Kier alpha value is -2.08. The number of ether oxygens (including phenoxy) is 1. The number of aromatic carboxylic acids is 1. The number of carboxylic acid groups (broad SMARTS) is 1. The lowest BCUT2D eigenvalue weighted by atomic mass is 10.1. The SMILES string of the molecule is CC(C)(C)OC(=O)n1ncc2cc(C(=O)O)cc(Cl)c21. The van der Waals surface area contributed by atoms with E-state index in [9.17, 15) is 9.59 Å². The van der Waals surface area contributed by atoms with Gasteiger partial charge in [-0.1, -0.05) is 11.6 Å². The lowest BCUT2D eigenvalue weighted by Gasteiger charge is -2.19. The molecule has 0 aliphatic heterocycles. The number of halogens is 1. The normalized spacial score (nSPS) is 11.6. The number of hydrogen-bond acceptors (Lipinski definition) is 4. The first-order valence-electron chi connectivity index (χ1n) is 5.83. The van der Waals surface area contributed by atoms with Crippen LogP contribution in [0.15, 0.2) is 18.3 Å². The number of aromatic nitrogens is 2. The van der Waals surface area contributed by atoms with Crippen molar-refractivity contribution < 1.29 is 19.4 Å². The third-order valence-electron chi connectivity index (χ3n) is 2.43. The van der Waals surface area contributed by atoms with Crippen molar-refractivity contribution in [1.82, 2.24) is 9.78 Å². The summed E-state index contributed by atoms with van der Waals surface area (Å²) >= 11 is 6.04. The number of carboxylic acids is 1. The van der Waals surface area contributed by atoms with Crippen LogP contribution in [-0.2, 0) is 4.74 Å². The van der Waals surface area contributed by atoms with Crippen molar-refractivity contribution in [1.29, 1.82) is 0 Å². The maximum absolute atomic E-state index is 12.0. The van der Waals surface area contributed by atoms with Gasteiger partial charge in [0.2, 0.25) is 0 Å². The van der Waals surface area contributed by atoms with Crippen molar-refractivity contribution in [2.75, 3.05) is 0 Å². The van der Waals surface area contributed by atoms with Crippen molar-refractivity contribution >= 4 is 34.6 Å². The second-order valence-corrected chi connectivity index (χ2v) is 5.64. The summed E-state index contributed by atoms with van der Waals surface area (Å²) in [7, 11) is 0. The molecule has 0 spiro atoms. The van der Waals surface area contributed by atoms with Crippen LogP contribution >= 0.6 is 11.6 Å². The van der Waals surface area contributed by atoms with Gasteiger partial charge in [0.15, 0.2) is 0 Å². The van der Waals surface area contributed by atoms with Crippen LogP contribution in [0.5, 0.6) is 0 Å². The fourth-order valence-electron chi connectivity index (χ4n) is 1.69. The Balaban J connectivity index is 2.52. The fraction of sp³-hybridized carbons (Fsp3) is 0.308. The number of nitrogens with zero attached hydrogens (tertiary/aromatic N) is 2. The third kappa shape index (κ3) is 2.75. The van der Waals surface area contributed by atoms with Crippen LogP contribution < -0.4 is 0 Å². The van der Waals surface area contributed by atoms with Gasteiger partial charge in [-0.2, -0.15) is 9.78 Å². The Bertz CT molecular complexity index is 700. The minimum absolute atomic E-state index is 0.0336. The molecule has 2 aromatic rings. The minimum Gasteiger partial charge on any atom is -0.478 e. The van der Waals surface area contributed by atoms with Gasteiger partial charge in [0.05, 0.1) is 22.3 Å². The lowest BCUT2D eigenvalue weighted by Crippen LogP contribution is -2.27. The van der Waals surface area contributed by atoms with Crippen LogP contribution in [0.25, 0.3) is 10.9 Å². The van der Waals surface area contributed by atoms with Gasteiger partial charge < -0.3 is 9.84 Å². The lowest BCUT2D eigenvalue weighted by molar-refractivity contribution is 0.0522. The number of hydrogen-bond donors (Lipinski definition) is 1. The van der Waals surface area contributed by atoms with Gasteiger partial charge in [0, 0.05) is 5.39 Å². The van der Waals surface area contributed by atoms with Gasteiger partial charge in [-0.05, 0) is 32.9 Å². The smallest absolute Gasteiger partial charge is 0.435 e. The molecule has 1 N–H and O–H groups in total. The highest BCUT2D eigenvalue weighted by Gasteiger charge is 2.22. The second kappa shape index (κ2) is 4.79. The standard InChI is InChI=1S/C13H13ClN2O4/c1-13(2,3)20-12(19)16-10-8(6-15-16)4-7(11(17)18)5-9(10)14/h4-6H,1-3H3,(H,17,18). The molecular weight excluding hydrogens is 284 g/mol. The van der Waals surface area contributed by atoms with Gasteiger partial charge in [0.25, 0.3) is 0 Å². The van der Waals surface area contributed by atoms with E-state index in [4.69, 9.17) is 21.4 Å². The molecule has 0 aliphatic carbocycles. The first-order chi connectivity index (χ1) is 9.19. The number of fused-ring (bicyclic) bond motifs is 1. The maximum Gasteiger partial charge on any atom is 0.435 e. The molecule has 1 aromatic heterocycles. The highest BCUT2D eigenvalue weighted by Crippen LogP contribution is 2.26. The first-order valence-corrected chi connectivity index (χ1v) is 6.21. The van der Waals surface area contributed by atoms with E-state index in [-0.39, 0.29) is 10.6 Å². The van der Waals surface area contributed by atoms with Crippen molar-refractivity contribution in [2.45, 2.75) is 26.4 Å². The summed E-state index contributed by atoms with van der Waals surface area (Å²) in [6.45, 7) is 5.21. The van der Waals surface area contributed by atoms with Crippen LogP contribution in [0.2, 0.25) is 5.02 Å². The van der Waals surface area contributed by atoms with E-state index in [1.54, 1.807) is 20.8 Å². The van der Waals surface area contributed by atoms with Crippen LogP contribution in [-0.4, -0.2) is 32.6 Å². The molecule has 0 saturated carbocycles. The zero-order valence-electron chi connectivity index (χ0n) is 11.2. The summed E-state index contributed by atoms with van der Waals surface area (Å²) in [5.41, 5.74) is -0.305. The van der Waals surface area contributed by atoms with Gasteiger partial charge >= 0.3 is 12.1 Å². The van der Waals surface area contributed by atoms with Crippen molar-refractivity contribution in [2.24, 2.45) is 0 Å². The molecule has 0 amide bonds. The van der Waals surface area contributed by atoms with Crippen LogP contribution in [0.3, 0.4) is 0 Å². The zero-order valence-corrected chi connectivity index (χ0v) is 11.9.